The van der Waals surface area contributed by atoms with Gasteiger partial charge in [-0.2, -0.15) is 0 Å². The lowest BCUT2D eigenvalue weighted by Gasteiger charge is -2.23. The van der Waals surface area contributed by atoms with E-state index in [1.807, 2.05) is 13.2 Å². The summed E-state index contributed by atoms with van der Waals surface area (Å²) in [5, 5.41) is 1.48. The maximum absolute atomic E-state index is 5.54. The van der Waals surface area contributed by atoms with Gasteiger partial charge in [0.05, 0.1) is 0 Å². The zero-order chi connectivity index (χ0) is 17.6. The Hall–Kier alpha value is -0.903. The fourth-order valence-electron chi connectivity index (χ4n) is 3.07. The van der Waals surface area contributed by atoms with Crippen molar-refractivity contribution in [3.8, 4) is 0 Å². The maximum atomic E-state index is 5.54. The number of rotatable bonds is 14. The van der Waals surface area contributed by atoms with Gasteiger partial charge in [-0.15, -0.1) is 0 Å². The van der Waals surface area contributed by atoms with Crippen molar-refractivity contribution < 1.29 is 4.74 Å². The van der Waals surface area contributed by atoms with E-state index in [2.05, 4.69) is 49.6 Å². The van der Waals surface area contributed by atoms with E-state index < -0.39 is 8.80 Å². The van der Waals surface area contributed by atoms with Gasteiger partial charge in [-0.05, 0) is 44.5 Å². The first-order chi connectivity index (χ1) is 11.8. The highest BCUT2D eigenvalue weighted by Gasteiger charge is 2.17. The highest BCUT2D eigenvalue weighted by molar-refractivity contribution is 6.73. The Kier molecular flexibility index (Phi) is 11.8. The van der Waals surface area contributed by atoms with Gasteiger partial charge < -0.3 is 9.64 Å². The fourth-order valence-corrected chi connectivity index (χ4v) is 5.50. The Morgan fingerprint density at radius 3 is 2.25 bits per heavy atom. The van der Waals surface area contributed by atoms with Gasteiger partial charge in [0.2, 0.25) is 0 Å². The Morgan fingerprint density at radius 1 is 1.04 bits per heavy atom. The number of unbranched alkanes of at least 4 members (excludes halogenated alkanes) is 2. The van der Waals surface area contributed by atoms with E-state index in [9.17, 15) is 0 Å². The minimum atomic E-state index is -0.671. The number of nitrogens with zero attached hydrogens (tertiary/aromatic N) is 1. The van der Waals surface area contributed by atoms with Crippen molar-refractivity contribution >= 4 is 20.1 Å². The average Bonchev–Trinajstić information content (AvgIpc) is 2.62. The third-order valence-electron chi connectivity index (χ3n) is 4.49. The van der Waals surface area contributed by atoms with Crippen LogP contribution in [-0.4, -0.2) is 46.7 Å². The van der Waals surface area contributed by atoms with Crippen LogP contribution in [0, 0.1) is 0 Å². The molecule has 0 saturated carbocycles. The third-order valence-corrected chi connectivity index (χ3v) is 7.30. The highest BCUT2D eigenvalue weighted by atomic mass is 28.3. The molecule has 1 aromatic carbocycles. The molecule has 0 N–H and O–H groups in total. The van der Waals surface area contributed by atoms with E-state index in [0.717, 1.165) is 6.23 Å². The largest absolute Gasteiger partial charge is 0.388 e. The molecule has 2 nitrogen and oxygen atoms in total. The fraction of sp³-hybridized carbons (Fsp3) is 0.619. The smallest absolute Gasteiger partial charge is 0.117 e. The Bertz CT molecular complexity index is 441. The standard InChI is InChI=1S/C21H36NOSi/c1-5-8-15-22(16-9-6-2)17-12-18-24(19-23-4)21-14-11-10-13-20(21)7-3/h7,10-11,13-14H,3,5-6,8-9,12,15-19H2,1-2,4H3. The summed E-state index contributed by atoms with van der Waals surface area (Å²) < 4.78 is 5.54. The Labute approximate surface area is 151 Å². The molecule has 0 saturated heterocycles. The molecule has 0 aliphatic rings. The summed E-state index contributed by atoms with van der Waals surface area (Å²) in [6.07, 6.45) is 9.36. The predicted molar refractivity (Wildman–Crippen MR) is 109 cm³/mol. The van der Waals surface area contributed by atoms with Crippen molar-refractivity contribution in [2.24, 2.45) is 0 Å². The quantitative estimate of drug-likeness (QED) is 0.460. The molecule has 0 aromatic heterocycles. The Morgan fingerprint density at radius 2 is 1.67 bits per heavy atom. The second-order valence-electron chi connectivity index (χ2n) is 6.48. The topological polar surface area (TPSA) is 12.5 Å². The van der Waals surface area contributed by atoms with Gasteiger partial charge in [0, 0.05) is 13.3 Å². The molecule has 3 heteroatoms. The van der Waals surface area contributed by atoms with E-state index in [4.69, 9.17) is 4.74 Å². The summed E-state index contributed by atoms with van der Waals surface area (Å²) in [4.78, 5) is 2.67. The first-order valence-electron chi connectivity index (χ1n) is 9.54. The monoisotopic (exact) mass is 346 g/mol. The van der Waals surface area contributed by atoms with Crippen LogP contribution in [0.1, 0.15) is 51.5 Å². The van der Waals surface area contributed by atoms with Crippen molar-refractivity contribution in [3.63, 3.8) is 0 Å². The van der Waals surface area contributed by atoms with Gasteiger partial charge >= 0.3 is 0 Å². The summed E-state index contributed by atoms with van der Waals surface area (Å²) in [6.45, 7) is 12.3. The van der Waals surface area contributed by atoms with Gasteiger partial charge in [-0.1, -0.05) is 74.8 Å². The summed E-state index contributed by atoms with van der Waals surface area (Å²) >= 11 is 0. The van der Waals surface area contributed by atoms with Gasteiger partial charge in [0.25, 0.3) is 0 Å². The van der Waals surface area contributed by atoms with Crippen LogP contribution in [0.5, 0.6) is 0 Å². The second kappa shape index (κ2) is 13.4. The Balaban J connectivity index is 2.59. The van der Waals surface area contributed by atoms with Crippen LogP contribution in [0.15, 0.2) is 30.8 Å². The second-order valence-corrected chi connectivity index (χ2v) is 9.01. The lowest BCUT2D eigenvalue weighted by atomic mass is 10.2. The van der Waals surface area contributed by atoms with E-state index in [1.165, 1.54) is 68.5 Å². The van der Waals surface area contributed by atoms with E-state index >= 15 is 0 Å². The zero-order valence-electron chi connectivity index (χ0n) is 16.0. The van der Waals surface area contributed by atoms with Gasteiger partial charge in [0.1, 0.15) is 8.80 Å². The van der Waals surface area contributed by atoms with E-state index in [1.54, 1.807) is 0 Å². The number of ether oxygens (including phenoxy) is 1. The predicted octanol–water partition coefficient (Wildman–Crippen LogP) is 4.51. The third kappa shape index (κ3) is 7.78. The van der Waals surface area contributed by atoms with Crippen LogP contribution in [0.3, 0.4) is 0 Å². The van der Waals surface area contributed by atoms with Gasteiger partial charge in [0.15, 0.2) is 0 Å². The highest BCUT2D eigenvalue weighted by Crippen LogP contribution is 2.08. The van der Waals surface area contributed by atoms with E-state index in [-0.39, 0.29) is 0 Å². The minimum Gasteiger partial charge on any atom is -0.388 e. The minimum absolute atomic E-state index is 0.671. The van der Waals surface area contributed by atoms with Crippen LogP contribution in [0.2, 0.25) is 6.04 Å². The first-order valence-corrected chi connectivity index (χ1v) is 11.5. The lowest BCUT2D eigenvalue weighted by Crippen LogP contribution is -2.37. The molecule has 0 unspecified atom stereocenters. The van der Waals surface area contributed by atoms with Crippen molar-refractivity contribution in [1.29, 1.82) is 0 Å². The molecule has 135 valence electrons. The molecule has 0 amide bonds. The molecule has 0 aliphatic carbocycles. The lowest BCUT2D eigenvalue weighted by molar-refractivity contribution is 0.247. The molecule has 24 heavy (non-hydrogen) atoms. The van der Waals surface area contributed by atoms with Crippen LogP contribution >= 0.6 is 0 Å². The zero-order valence-corrected chi connectivity index (χ0v) is 17.0. The van der Waals surface area contributed by atoms with Crippen LogP contribution in [0.4, 0.5) is 0 Å². The summed E-state index contributed by atoms with van der Waals surface area (Å²) in [5.41, 5.74) is 1.29. The van der Waals surface area contributed by atoms with Crippen molar-refractivity contribution in [2.45, 2.75) is 52.0 Å². The van der Waals surface area contributed by atoms with Crippen LogP contribution < -0.4 is 5.19 Å². The first kappa shape index (κ1) is 21.1. The molecule has 0 bridgehead atoms. The molecular weight excluding hydrogens is 310 g/mol. The van der Waals surface area contributed by atoms with Crippen molar-refractivity contribution in [2.75, 3.05) is 33.0 Å². The molecule has 0 atom stereocenters. The average molecular weight is 347 g/mol. The maximum Gasteiger partial charge on any atom is 0.117 e. The molecule has 1 rings (SSSR count). The SMILES string of the molecule is C=Cc1ccccc1[Si](CCCN(CCCC)CCCC)COC. The van der Waals surface area contributed by atoms with Gasteiger partial charge in [-0.25, -0.2) is 0 Å². The number of benzene rings is 1. The van der Waals surface area contributed by atoms with E-state index in [0.29, 0.717) is 0 Å². The molecule has 0 aliphatic heterocycles. The van der Waals surface area contributed by atoms with Crippen LogP contribution in [-0.2, 0) is 4.74 Å². The van der Waals surface area contributed by atoms with Gasteiger partial charge in [-0.3, -0.25) is 0 Å². The molecule has 0 heterocycles. The molecular formula is C21H36NOSi. The van der Waals surface area contributed by atoms with Crippen molar-refractivity contribution in [1.82, 2.24) is 4.90 Å². The molecule has 1 radical (unpaired) electrons. The normalized spacial score (nSPS) is 11.4. The molecule has 0 fully saturated rings. The number of hydrogen-bond acceptors (Lipinski definition) is 2. The molecule has 0 spiro atoms. The molecule has 1 aromatic rings. The van der Waals surface area contributed by atoms with Crippen molar-refractivity contribution in [3.05, 3.63) is 36.4 Å². The summed E-state index contributed by atoms with van der Waals surface area (Å²) in [7, 11) is 1.16. The number of methoxy groups -OCH3 is 1. The summed E-state index contributed by atoms with van der Waals surface area (Å²) in [5.74, 6) is 0. The van der Waals surface area contributed by atoms with Crippen LogP contribution in [0.25, 0.3) is 6.08 Å². The summed E-state index contributed by atoms with van der Waals surface area (Å²) in [6, 6.07) is 9.98. The number of hydrogen-bond donors (Lipinski definition) is 0.